The minimum absolute atomic E-state index is 0.141. The number of benzene rings is 2. The van der Waals surface area contributed by atoms with Crippen LogP contribution in [0, 0.1) is 23.3 Å². The summed E-state index contributed by atoms with van der Waals surface area (Å²) in [6.07, 6.45) is -1.35. The molecule has 0 aliphatic rings. The zero-order valence-electron chi connectivity index (χ0n) is 9.00. The molecule has 0 amide bonds. The van der Waals surface area contributed by atoms with Crippen molar-refractivity contribution in [3.63, 3.8) is 0 Å². The van der Waals surface area contributed by atoms with E-state index in [0.29, 0.717) is 12.1 Å². The third-order valence-corrected chi connectivity index (χ3v) is 2.51. The quantitative estimate of drug-likeness (QED) is 0.645. The summed E-state index contributed by atoms with van der Waals surface area (Å²) in [6.45, 7) is 0. The molecule has 94 valence electrons. The zero-order chi connectivity index (χ0) is 13.3. The van der Waals surface area contributed by atoms with Gasteiger partial charge in [0.25, 0.3) is 0 Å². The lowest BCUT2D eigenvalue weighted by molar-refractivity contribution is 0.218. The topological polar surface area (TPSA) is 20.2 Å². The predicted molar refractivity (Wildman–Crippen MR) is 56.8 cm³/mol. The lowest BCUT2D eigenvalue weighted by atomic mass is 10.0. The maximum atomic E-state index is 13.0. The minimum Gasteiger partial charge on any atom is -0.384 e. The number of rotatable bonds is 2. The first-order chi connectivity index (χ1) is 8.49. The molecule has 0 aliphatic heterocycles. The van der Waals surface area contributed by atoms with Gasteiger partial charge >= 0.3 is 0 Å². The Labute approximate surface area is 100 Å². The van der Waals surface area contributed by atoms with Gasteiger partial charge in [-0.05, 0) is 35.4 Å². The second-order valence-corrected chi connectivity index (χ2v) is 3.75. The van der Waals surface area contributed by atoms with E-state index < -0.39 is 29.4 Å². The molecule has 0 radical (unpaired) electrons. The molecule has 1 unspecified atom stereocenters. The first-order valence-electron chi connectivity index (χ1n) is 5.07. The van der Waals surface area contributed by atoms with E-state index in [-0.39, 0.29) is 11.1 Å². The Morgan fingerprint density at radius 2 is 1.28 bits per heavy atom. The van der Waals surface area contributed by atoms with E-state index >= 15 is 0 Å². The van der Waals surface area contributed by atoms with Crippen LogP contribution in [-0.2, 0) is 0 Å². The third-order valence-electron chi connectivity index (χ3n) is 2.51. The fourth-order valence-electron chi connectivity index (χ4n) is 1.57. The van der Waals surface area contributed by atoms with Crippen molar-refractivity contribution in [2.75, 3.05) is 0 Å². The summed E-state index contributed by atoms with van der Waals surface area (Å²) >= 11 is 0. The molecule has 0 fully saturated rings. The van der Waals surface area contributed by atoms with Gasteiger partial charge in [0.2, 0.25) is 0 Å². The van der Waals surface area contributed by atoms with Crippen molar-refractivity contribution in [1.29, 1.82) is 0 Å². The average Bonchev–Trinajstić information content (AvgIpc) is 2.35. The molecule has 1 nitrogen and oxygen atoms in total. The molecule has 0 heterocycles. The van der Waals surface area contributed by atoms with Gasteiger partial charge in [0.1, 0.15) is 11.9 Å². The lowest BCUT2D eigenvalue weighted by Gasteiger charge is -2.12. The van der Waals surface area contributed by atoms with Crippen LogP contribution >= 0.6 is 0 Å². The second-order valence-electron chi connectivity index (χ2n) is 3.75. The van der Waals surface area contributed by atoms with Crippen LogP contribution in [-0.4, -0.2) is 5.11 Å². The number of hydrogen-bond donors (Lipinski definition) is 1. The molecular weight excluding hydrogens is 248 g/mol. The molecule has 0 saturated carbocycles. The highest BCUT2D eigenvalue weighted by molar-refractivity contribution is 5.31. The molecular formula is C13H8F4O. The van der Waals surface area contributed by atoms with Crippen LogP contribution in [0.2, 0.25) is 0 Å². The van der Waals surface area contributed by atoms with Crippen molar-refractivity contribution < 1.29 is 22.7 Å². The van der Waals surface area contributed by atoms with Crippen molar-refractivity contribution in [1.82, 2.24) is 0 Å². The van der Waals surface area contributed by atoms with Gasteiger partial charge in [-0.15, -0.1) is 0 Å². The fraction of sp³-hybridized carbons (Fsp3) is 0.0769. The van der Waals surface area contributed by atoms with E-state index in [1.165, 1.54) is 12.1 Å². The van der Waals surface area contributed by atoms with E-state index in [1.54, 1.807) is 0 Å². The van der Waals surface area contributed by atoms with Gasteiger partial charge < -0.3 is 5.11 Å². The summed E-state index contributed by atoms with van der Waals surface area (Å²) in [5.74, 6) is -4.86. The minimum atomic E-state index is -1.59. The van der Waals surface area contributed by atoms with E-state index in [0.717, 1.165) is 12.1 Å². The van der Waals surface area contributed by atoms with Crippen LogP contribution < -0.4 is 0 Å². The molecule has 0 saturated heterocycles. The molecule has 0 aromatic heterocycles. The molecule has 2 rings (SSSR count). The fourth-order valence-corrected chi connectivity index (χ4v) is 1.57. The SMILES string of the molecule is OC(c1ccc(F)cc1)c1cc(F)c(F)c(F)c1. The summed E-state index contributed by atoms with van der Waals surface area (Å²) in [5, 5.41) is 9.84. The van der Waals surface area contributed by atoms with E-state index in [2.05, 4.69) is 0 Å². The van der Waals surface area contributed by atoms with Crippen molar-refractivity contribution in [3.8, 4) is 0 Å². The molecule has 1 N–H and O–H groups in total. The van der Waals surface area contributed by atoms with Crippen molar-refractivity contribution in [2.45, 2.75) is 6.10 Å². The molecule has 0 spiro atoms. The maximum absolute atomic E-state index is 13.0. The maximum Gasteiger partial charge on any atom is 0.194 e. The molecule has 0 aliphatic carbocycles. The Balaban J connectivity index is 2.39. The highest BCUT2D eigenvalue weighted by Gasteiger charge is 2.16. The first kappa shape index (κ1) is 12.6. The van der Waals surface area contributed by atoms with Gasteiger partial charge in [-0.25, -0.2) is 17.6 Å². The molecule has 1 atom stereocenters. The monoisotopic (exact) mass is 256 g/mol. The van der Waals surface area contributed by atoms with Crippen LogP contribution in [0.1, 0.15) is 17.2 Å². The summed E-state index contributed by atoms with van der Waals surface area (Å²) in [7, 11) is 0. The van der Waals surface area contributed by atoms with Gasteiger partial charge in [-0.2, -0.15) is 0 Å². The molecule has 18 heavy (non-hydrogen) atoms. The molecule has 0 bridgehead atoms. The standard InChI is InChI=1S/C13H8F4O/c14-9-3-1-7(2-4-9)13(18)8-5-10(15)12(17)11(16)6-8/h1-6,13,18H. The smallest absolute Gasteiger partial charge is 0.194 e. The Morgan fingerprint density at radius 1 is 0.778 bits per heavy atom. The average molecular weight is 256 g/mol. The van der Waals surface area contributed by atoms with Crippen LogP contribution in [0.3, 0.4) is 0 Å². The Hall–Kier alpha value is -1.88. The molecule has 2 aromatic rings. The van der Waals surface area contributed by atoms with Crippen molar-refractivity contribution in [3.05, 3.63) is 70.8 Å². The molecule has 5 heteroatoms. The Bertz CT molecular complexity index is 543. The van der Waals surface area contributed by atoms with E-state index in [1.807, 2.05) is 0 Å². The summed E-state index contributed by atoms with van der Waals surface area (Å²) in [5.41, 5.74) is 0.111. The van der Waals surface area contributed by atoms with Crippen molar-refractivity contribution in [2.24, 2.45) is 0 Å². The number of hydrogen-bond acceptors (Lipinski definition) is 1. The number of aliphatic hydroxyl groups excluding tert-OH is 1. The van der Waals surface area contributed by atoms with Gasteiger partial charge in [-0.1, -0.05) is 12.1 Å². The highest BCUT2D eigenvalue weighted by Crippen LogP contribution is 2.25. The van der Waals surface area contributed by atoms with Crippen LogP contribution in [0.4, 0.5) is 17.6 Å². The number of aliphatic hydroxyl groups is 1. The largest absolute Gasteiger partial charge is 0.384 e. The summed E-state index contributed by atoms with van der Waals surface area (Å²) in [6, 6.07) is 6.17. The van der Waals surface area contributed by atoms with E-state index in [9.17, 15) is 22.7 Å². The first-order valence-corrected chi connectivity index (χ1v) is 5.07. The van der Waals surface area contributed by atoms with Gasteiger partial charge in [0.05, 0.1) is 0 Å². The van der Waals surface area contributed by atoms with Gasteiger partial charge in [0.15, 0.2) is 17.5 Å². The van der Waals surface area contributed by atoms with Crippen LogP contribution in [0.25, 0.3) is 0 Å². The van der Waals surface area contributed by atoms with Crippen LogP contribution in [0.5, 0.6) is 0 Å². The number of halogens is 4. The highest BCUT2D eigenvalue weighted by atomic mass is 19.2. The van der Waals surface area contributed by atoms with Gasteiger partial charge in [0, 0.05) is 0 Å². The summed E-state index contributed by atoms with van der Waals surface area (Å²) < 4.78 is 51.4. The zero-order valence-corrected chi connectivity index (χ0v) is 9.00. The second kappa shape index (κ2) is 4.78. The summed E-state index contributed by atoms with van der Waals surface area (Å²) in [4.78, 5) is 0. The van der Waals surface area contributed by atoms with Crippen LogP contribution in [0.15, 0.2) is 36.4 Å². The Morgan fingerprint density at radius 3 is 1.78 bits per heavy atom. The van der Waals surface area contributed by atoms with E-state index in [4.69, 9.17) is 0 Å². The lowest BCUT2D eigenvalue weighted by Crippen LogP contribution is -2.03. The third kappa shape index (κ3) is 2.36. The molecule has 2 aromatic carbocycles. The van der Waals surface area contributed by atoms with Gasteiger partial charge in [-0.3, -0.25) is 0 Å². The Kier molecular flexibility index (Phi) is 3.34. The normalized spacial score (nSPS) is 12.5. The van der Waals surface area contributed by atoms with Crippen molar-refractivity contribution >= 4 is 0 Å². The predicted octanol–water partition coefficient (Wildman–Crippen LogP) is 3.32.